The number of aliphatic hydroxyl groups is 1. The van der Waals surface area contributed by atoms with Crippen molar-refractivity contribution >= 4 is 18.1 Å². The zero-order chi connectivity index (χ0) is 38.0. The number of nitrogens with zero attached hydrogens (tertiary/aromatic N) is 1. The number of amides is 3. The molecule has 2 aliphatic rings. The molecule has 5 rings (SSSR count). The summed E-state index contributed by atoms with van der Waals surface area (Å²) in [7, 11) is 2.79. The number of carbonyl (C=O) groups is 3. The van der Waals surface area contributed by atoms with E-state index < -0.39 is 54.1 Å². The molecule has 1 aromatic heterocycles. The second kappa shape index (κ2) is 18.3. The maximum atomic E-state index is 13.8. The van der Waals surface area contributed by atoms with Crippen molar-refractivity contribution in [3.05, 3.63) is 83.8 Å². The van der Waals surface area contributed by atoms with Crippen LogP contribution in [0.1, 0.15) is 43.9 Å². The third-order valence-corrected chi connectivity index (χ3v) is 9.16. The minimum atomic E-state index is -1.22. The van der Waals surface area contributed by atoms with Crippen LogP contribution in [0, 0.1) is 11.3 Å². The molecule has 0 radical (unpaired) electrons. The van der Waals surface area contributed by atoms with Gasteiger partial charge in [-0.15, -0.1) is 0 Å². The molecule has 2 saturated heterocycles. The van der Waals surface area contributed by atoms with Crippen LogP contribution in [0.3, 0.4) is 0 Å². The Labute approximate surface area is 309 Å². The topological polar surface area (TPSA) is 179 Å². The molecular formula is C38H50N4O11. The van der Waals surface area contributed by atoms with Crippen LogP contribution in [0.5, 0.6) is 11.5 Å². The van der Waals surface area contributed by atoms with Crippen molar-refractivity contribution in [1.82, 2.24) is 21.1 Å². The SMILES string of the molecule is COC(=O)NC(C(=O)NN(Cc1ccc(OCc2ccoc2)cc1)C[C@H](O)[C@H](Cc1ccc(OC)cc1)NC(=O)O[C@H]1CO[C@H]2OCC[C@H]21)C(C)(C)C. The number of fused-ring (bicyclic) bond motifs is 1. The molecule has 0 bridgehead atoms. The van der Waals surface area contributed by atoms with Crippen molar-refractivity contribution in [2.45, 2.75) is 77.3 Å². The Morgan fingerprint density at radius 3 is 2.30 bits per heavy atom. The molecule has 3 amide bonds. The van der Waals surface area contributed by atoms with Crippen LogP contribution in [0.25, 0.3) is 0 Å². The van der Waals surface area contributed by atoms with E-state index in [1.807, 2.05) is 51.1 Å². The summed E-state index contributed by atoms with van der Waals surface area (Å²) in [6.07, 6.45) is 0.570. The number of aliphatic hydroxyl groups excluding tert-OH is 1. The zero-order valence-corrected chi connectivity index (χ0v) is 30.7. The molecular weight excluding hydrogens is 688 g/mol. The molecule has 1 unspecified atom stereocenters. The molecule has 0 saturated carbocycles. The summed E-state index contributed by atoms with van der Waals surface area (Å²) in [6, 6.07) is 14.6. The molecule has 6 atom stereocenters. The third-order valence-electron chi connectivity index (χ3n) is 9.16. The molecule has 15 heteroatoms. The van der Waals surface area contributed by atoms with Crippen LogP contribution in [0.15, 0.2) is 71.5 Å². The van der Waals surface area contributed by atoms with E-state index in [4.69, 9.17) is 32.8 Å². The van der Waals surface area contributed by atoms with Crippen LogP contribution in [0.2, 0.25) is 0 Å². The first-order valence-electron chi connectivity index (χ1n) is 17.6. The number of alkyl carbamates (subject to hydrolysis) is 2. The number of benzene rings is 2. The third kappa shape index (κ3) is 11.3. The van der Waals surface area contributed by atoms with Gasteiger partial charge in [0.1, 0.15) is 30.3 Å². The van der Waals surface area contributed by atoms with Gasteiger partial charge in [-0.25, -0.2) is 14.6 Å². The standard InChI is InChI=1S/C38H50N4O11/c1-38(2,3)33(40-36(45)48-5)34(44)41-42(19-25-8-12-28(13-9-25)51-22-26-14-16-49-21-26)20-31(43)30(18-24-6-10-27(47-4)11-7-24)39-37(46)53-32-23-52-35-29(32)15-17-50-35/h6-14,16,21,29-33,35,43H,15,17-20,22-23H2,1-5H3,(H,39,46)(H,40,45)(H,41,44)/t29-,30-,31-,32-,33?,35+/m0/s1. The quantitative estimate of drug-likeness (QED) is 0.156. The Kier molecular flexibility index (Phi) is 13.6. The van der Waals surface area contributed by atoms with Gasteiger partial charge in [-0.05, 0) is 59.7 Å². The summed E-state index contributed by atoms with van der Waals surface area (Å²) in [5, 5.41) is 18.9. The number of ether oxygens (including phenoxy) is 6. The van der Waals surface area contributed by atoms with Crippen molar-refractivity contribution < 1.29 is 52.3 Å². The van der Waals surface area contributed by atoms with E-state index in [0.29, 0.717) is 31.1 Å². The average molecular weight is 739 g/mol. The molecule has 4 N–H and O–H groups in total. The highest BCUT2D eigenvalue weighted by molar-refractivity contribution is 5.86. The second-order valence-electron chi connectivity index (χ2n) is 14.2. The maximum Gasteiger partial charge on any atom is 0.407 e. The molecule has 0 spiro atoms. The number of hydrogen-bond acceptors (Lipinski definition) is 12. The second-order valence-corrected chi connectivity index (χ2v) is 14.2. The first kappa shape index (κ1) is 39.4. The number of hydrogen-bond donors (Lipinski definition) is 4. The lowest BCUT2D eigenvalue weighted by Gasteiger charge is -2.34. The van der Waals surface area contributed by atoms with Crippen molar-refractivity contribution in [1.29, 1.82) is 0 Å². The Balaban J connectivity index is 1.34. The highest BCUT2D eigenvalue weighted by Gasteiger charge is 2.44. The number of carbonyl (C=O) groups excluding carboxylic acids is 3. The normalized spacial score (nSPS) is 19.8. The number of methoxy groups -OCH3 is 2. The lowest BCUT2D eigenvalue weighted by Crippen LogP contribution is -2.59. The fourth-order valence-electron chi connectivity index (χ4n) is 6.20. The molecule has 15 nitrogen and oxygen atoms in total. The van der Waals surface area contributed by atoms with Crippen LogP contribution in [-0.2, 0) is 43.3 Å². The highest BCUT2D eigenvalue weighted by Crippen LogP contribution is 2.33. The summed E-state index contributed by atoms with van der Waals surface area (Å²) in [6.45, 7) is 6.55. The van der Waals surface area contributed by atoms with Crippen LogP contribution < -0.4 is 25.5 Å². The predicted octanol–water partition coefficient (Wildman–Crippen LogP) is 3.93. The fourth-order valence-corrected chi connectivity index (χ4v) is 6.20. The van der Waals surface area contributed by atoms with Gasteiger partial charge in [0, 0.05) is 18.7 Å². The van der Waals surface area contributed by atoms with Crippen LogP contribution in [0.4, 0.5) is 9.59 Å². The molecule has 3 heterocycles. The van der Waals surface area contributed by atoms with E-state index in [1.165, 1.54) is 7.11 Å². The number of rotatable bonds is 16. The van der Waals surface area contributed by atoms with Crippen molar-refractivity contribution in [2.75, 3.05) is 34.0 Å². The van der Waals surface area contributed by atoms with Crippen molar-refractivity contribution in [3.63, 3.8) is 0 Å². The smallest absolute Gasteiger partial charge is 0.407 e. The van der Waals surface area contributed by atoms with E-state index in [2.05, 4.69) is 16.1 Å². The van der Waals surface area contributed by atoms with Gasteiger partial charge in [0.25, 0.3) is 5.91 Å². The van der Waals surface area contributed by atoms with Gasteiger partial charge >= 0.3 is 12.2 Å². The lowest BCUT2D eigenvalue weighted by atomic mass is 9.86. The van der Waals surface area contributed by atoms with E-state index >= 15 is 0 Å². The molecule has 53 heavy (non-hydrogen) atoms. The maximum absolute atomic E-state index is 13.8. The largest absolute Gasteiger partial charge is 0.497 e. The number of hydrazine groups is 1. The summed E-state index contributed by atoms with van der Waals surface area (Å²) in [5.74, 6) is 0.705. The molecule has 2 fully saturated rings. The fraction of sp³-hybridized carbons (Fsp3) is 0.500. The first-order chi connectivity index (χ1) is 25.4. The Morgan fingerprint density at radius 1 is 0.925 bits per heavy atom. The average Bonchev–Trinajstić information content (AvgIpc) is 3.91. The van der Waals surface area contributed by atoms with E-state index in [1.54, 1.807) is 48.9 Å². The summed E-state index contributed by atoms with van der Waals surface area (Å²) < 4.78 is 38.0. The van der Waals surface area contributed by atoms with Crippen molar-refractivity contribution in [2.24, 2.45) is 11.3 Å². The van der Waals surface area contributed by atoms with Gasteiger partial charge in [0.05, 0.1) is 58.0 Å². The zero-order valence-electron chi connectivity index (χ0n) is 30.7. The van der Waals surface area contributed by atoms with E-state index in [-0.39, 0.29) is 32.0 Å². The molecule has 2 aromatic carbocycles. The van der Waals surface area contributed by atoms with Crippen LogP contribution >= 0.6 is 0 Å². The summed E-state index contributed by atoms with van der Waals surface area (Å²) >= 11 is 0. The molecule has 3 aromatic rings. The Hall–Kier alpha value is -4.83. The van der Waals surface area contributed by atoms with E-state index in [9.17, 15) is 19.5 Å². The molecule has 0 aliphatic carbocycles. The van der Waals surface area contributed by atoms with Gasteiger partial charge in [0.2, 0.25) is 0 Å². The van der Waals surface area contributed by atoms with Gasteiger partial charge < -0.3 is 48.6 Å². The van der Waals surface area contributed by atoms with Crippen LogP contribution in [-0.4, -0.2) is 92.8 Å². The van der Waals surface area contributed by atoms with E-state index in [0.717, 1.165) is 16.7 Å². The van der Waals surface area contributed by atoms with Gasteiger partial charge in [-0.3, -0.25) is 10.2 Å². The van der Waals surface area contributed by atoms with Gasteiger partial charge in [0.15, 0.2) is 6.29 Å². The lowest BCUT2D eigenvalue weighted by molar-refractivity contribution is -0.131. The Morgan fingerprint density at radius 2 is 1.64 bits per heavy atom. The minimum absolute atomic E-state index is 0.0618. The summed E-state index contributed by atoms with van der Waals surface area (Å²) in [4.78, 5) is 39.3. The summed E-state index contributed by atoms with van der Waals surface area (Å²) in [5.41, 5.74) is 4.69. The number of nitrogens with one attached hydrogen (secondary N) is 3. The van der Waals surface area contributed by atoms with Crippen molar-refractivity contribution in [3.8, 4) is 11.5 Å². The predicted molar refractivity (Wildman–Crippen MR) is 191 cm³/mol. The molecule has 2 aliphatic heterocycles. The van der Waals surface area contributed by atoms with Gasteiger partial charge in [-0.1, -0.05) is 45.0 Å². The van der Waals surface area contributed by atoms with Gasteiger partial charge in [-0.2, -0.15) is 0 Å². The molecule has 288 valence electrons. The number of furan rings is 1. The Bertz CT molecular complexity index is 1610. The monoisotopic (exact) mass is 738 g/mol. The minimum Gasteiger partial charge on any atom is -0.497 e. The highest BCUT2D eigenvalue weighted by atomic mass is 16.7. The first-order valence-corrected chi connectivity index (χ1v) is 17.6.